The minimum absolute atomic E-state index is 0.0940. The monoisotopic (exact) mass is 645 g/mol. The lowest BCUT2D eigenvalue weighted by Crippen LogP contribution is -2.35. The first kappa shape index (κ1) is 33.6. The van der Waals surface area contributed by atoms with Gasteiger partial charge in [0.05, 0.1) is 6.61 Å². The van der Waals surface area contributed by atoms with Crippen molar-refractivity contribution >= 4 is 23.2 Å². The quantitative estimate of drug-likeness (QED) is 0.147. The average Bonchev–Trinajstić information content (AvgIpc) is 3.75. The van der Waals surface area contributed by atoms with Crippen molar-refractivity contribution in [3.05, 3.63) is 107 Å². The van der Waals surface area contributed by atoms with Gasteiger partial charge in [0.15, 0.2) is 0 Å². The molecule has 6 heteroatoms. The topological polar surface area (TPSA) is 65.4 Å². The van der Waals surface area contributed by atoms with Crippen LogP contribution in [0.4, 0.5) is 5.69 Å². The third-order valence-electron chi connectivity index (χ3n) is 10.2. The van der Waals surface area contributed by atoms with Crippen LogP contribution in [0.2, 0.25) is 0 Å². The number of anilines is 1. The molecule has 1 atom stereocenters. The Balaban J connectivity index is 1.12. The van der Waals surface area contributed by atoms with Crippen molar-refractivity contribution in [2.75, 3.05) is 11.9 Å². The molecule has 0 radical (unpaired) electrons. The third kappa shape index (κ3) is 7.38. The minimum atomic E-state index is -0.347. The van der Waals surface area contributed by atoms with Crippen molar-refractivity contribution in [2.24, 2.45) is 12.5 Å². The zero-order valence-corrected chi connectivity index (χ0v) is 29.3. The van der Waals surface area contributed by atoms with Gasteiger partial charge in [0, 0.05) is 41.7 Å². The predicted octanol–water partition coefficient (Wildman–Crippen LogP) is 9.96. The summed E-state index contributed by atoms with van der Waals surface area (Å²) in [6.45, 7) is 9.35. The summed E-state index contributed by atoms with van der Waals surface area (Å²) < 4.78 is 15.0. The smallest absolute Gasteiger partial charge is 0.230 e. The van der Waals surface area contributed by atoms with Gasteiger partial charge in [-0.05, 0) is 91.3 Å². The number of aromatic nitrogens is 2. The van der Waals surface area contributed by atoms with E-state index < -0.39 is 0 Å². The van der Waals surface area contributed by atoms with Crippen molar-refractivity contribution in [1.29, 1.82) is 0 Å². The minimum Gasteiger partial charge on any atom is -0.494 e. The zero-order chi connectivity index (χ0) is 33.7. The van der Waals surface area contributed by atoms with Crippen LogP contribution in [0.3, 0.4) is 0 Å². The molecule has 3 aromatic carbocycles. The van der Waals surface area contributed by atoms with Crippen LogP contribution in [0.1, 0.15) is 113 Å². The van der Waals surface area contributed by atoms with Crippen LogP contribution in [0.25, 0.3) is 11.6 Å². The van der Waals surface area contributed by atoms with Crippen molar-refractivity contribution in [3.8, 4) is 11.5 Å². The SMILES string of the molecule is CC(C)c1cccc(C(C)C)c1NC(=O)C1(CCCOc2ccc3c(c2)C=C(c2nccn2C)C(CCc2ccccc2)O3)CCCC1. The van der Waals surface area contributed by atoms with E-state index in [0.717, 1.165) is 85.5 Å². The van der Waals surface area contributed by atoms with E-state index in [1.165, 1.54) is 16.7 Å². The number of nitrogens with zero attached hydrogens (tertiary/aromatic N) is 2. The van der Waals surface area contributed by atoms with E-state index >= 15 is 0 Å². The van der Waals surface area contributed by atoms with Crippen molar-refractivity contribution < 1.29 is 14.3 Å². The van der Waals surface area contributed by atoms with Crippen LogP contribution in [0.15, 0.2) is 79.1 Å². The van der Waals surface area contributed by atoms with Crippen LogP contribution in [-0.2, 0) is 18.3 Å². The second-order valence-corrected chi connectivity index (χ2v) is 14.3. The van der Waals surface area contributed by atoms with Gasteiger partial charge in [-0.1, -0.05) is 89.1 Å². The van der Waals surface area contributed by atoms with Gasteiger partial charge in [-0.15, -0.1) is 0 Å². The van der Waals surface area contributed by atoms with E-state index in [1.54, 1.807) is 0 Å². The van der Waals surface area contributed by atoms with Crippen molar-refractivity contribution in [2.45, 2.75) is 97.0 Å². The Labute approximate surface area is 286 Å². The fraction of sp³-hybridized carbons (Fsp3) is 0.429. The van der Waals surface area contributed by atoms with E-state index in [0.29, 0.717) is 18.4 Å². The summed E-state index contributed by atoms with van der Waals surface area (Å²) in [4.78, 5) is 18.7. The normalized spacial score (nSPS) is 16.8. The summed E-state index contributed by atoms with van der Waals surface area (Å²) in [6, 6.07) is 23.1. The highest BCUT2D eigenvalue weighted by Gasteiger charge is 2.41. The van der Waals surface area contributed by atoms with Gasteiger partial charge >= 0.3 is 0 Å². The third-order valence-corrected chi connectivity index (χ3v) is 10.2. The summed E-state index contributed by atoms with van der Waals surface area (Å²) in [5.41, 5.74) is 6.48. The number of aryl methyl sites for hydroxylation is 2. The Hall–Kier alpha value is -4.32. The maximum absolute atomic E-state index is 14.0. The zero-order valence-electron chi connectivity index (χ0n) is 29.3. The molecular weight excluding hydrogens is 594 g/mol. The first-order chi connectivity index (χ1) is 23.2. The summed E-state index contributed by atoms with van der Waals surface area (Å²) in [7, 11) is 2.02. The molecule has 1 unspecified atom stereocenters. The molecule has 1 amide bonds. The molecule has 1 aromatic heterocycles. The number of para-hydroxylation sites is 1. The largest absolute Gasteiger partial charge is 0.494 e. The fourth-order valence-corrected chi connectivity index (χ4v) is 7.51. The Bertz CT molecular complexity index is 1700. The van der Waals surface area contributed by atoms with E-state index in [-0.39, 0.29) is 17.4 Å². The van der Waals surface area contributed by atoms with Gasteiger partial charge in [-0.3, -0.25) is 4.79 Å². The molecule has 1 N–H and O–H groups in total. The van der Waals surface area contributed by atoms with Gasteiger partial charge in [0.25, 0.3) is 0 Å². The number of hydrogen-bond donors (Lipinski definition) is 1. The number of amides is 1. The van der Waals surface area contributed by atoms with Crippen LogP contribution < -0.4 is 14.8 Å². The molecule has 6 rings (SSSR count). The van der Waals surface area contributed by atoms with Gasteiger partial charge in [0.1, 0.15) is 23.4 Å². The fourth-order valence-electron chi connectivity index (χ4n) is 7.51. The Morgan fingerprint density at radius 2 is 1.73 bits per heavy atom. The van der Waals surface area contributed by atoms with E-state index in [9.17, 15) is 4.79 Å². The Kier molecular flexibility index (Phi) is 10.4. The number of ether oxygens (including phenoxy) is 2. The summed E-state index contributed by atoms with van der Waals surface area (Å²) in [5.74, 6) is 3.44. The van der Waals surface area contributed by atoms with Crippen molar-refractivity contribution in [3.63, 3.8) is 0 Å². The molecule has 252 valence electrons. The maximum Gasteiger partial charge on any atom is 0.230 e. The molecule has 1 aliphatic heterocycles. The predicted molar refractivity (Wildman–Crippen MR) is 196 cm³/mol. The van der Waals surface area contributed by atoms with Crippen LogP contribution in [0, 0.1) is 5.41 Å². The summed E-state index contributed by atoms with van der Waals surface area (Å²) >= 11 is 0. The second kappa shape index (κ2) is 14.8. The lowest BCUT2D eigenvalue weighted by atomic mass is 9.80. The van der Waals surface area contributed by atoms with Gasteiger partial charge in [-0.25, -0.2) is 4.98 Å². The summed E-state index contributed by atoms with van der Waals surface area (Å²) in [5, 5.41) is 3.45. The summed E-state index contributed by atoms with van der Waals surface area (Å²) in [6.07, 6.45) is 13.4. The van der Waals surface area contributed by atoms with Crippen LogP contribution in [0.5, 0.6) is 11.5 Å². The number of nitrogens with one attached hydrogen (secondary N) is 1. The lowest BCUT2D eigenvalue weighted by molar-refractivity contribution is -0.125. The Morgan fingerprint density at radius 1 is 1.00 bits per heavy atom. The number of carbonyl (C=O) groups is 1. The highest BCUT2D eigenvalue weighted by molar-refractivity contribution is 5.97. The van der Waals surface area contributed by atoms with Crippen LogP contribution >= 0.6 is 0 Å². The molecule has 48 heavy (non-hydrogen) atoms. The first-order valence-electron chi connectivity index (χ1n) is 17.8. The van der Waals surface area contributed by atoms with Crippen molar-refractivity contribution in [1.82, 2.24) is 9.55 Å². The highest BCUT2D eigenvalue weighted by atomic mass is 16.5. The molecule has 1 saturated carbocycles. The second-order valence-electron chi connectivity index (χ2n) is 14.3. The van der Waals surface area contributed by atoms with Crippen LogP contribution in [-0.4, -0.2) is 28.2 Å². The molecule has 6 nitrogen and oxygen atoms in total. The van der Waals surface area contributed by atoms with Gasteiger partial charge < -0.3 is 19.4 Å². The molecule has 0 saturated heterocycles. The molecule has 0 spiro atoms. The number of carbonyl (C=O) groups excluding carboxylic acids is 1. The average molecular weight is 646 g/mol. The van der Waals surface area contributed by atoms with Gasteiger partial charge in [-0.2, -0.15) is 0 Å². The lowest BCUT2D eigenvalue weighted by Gasteiger charge is -2.30. The number of benzene rings is 3. The number of fused-ring (bicyclic) bond motifs is 1. The Morgan fingerprint density at radius 3 is 2.40 bits per heavy atom. The molecular formula is C42H51N3O3. The standard InChI is InChI=1S/C42H51N3O3/c1-29(2)34-15-11-16-35(30(3)4)39(34)44-41(46)42(21-9-10-22-42)23-12-26-47-33-18-20-37-32(27-33)28-36(40-43-24-25-45(40)5)38(48-37)19-17-31-13-7-6-8-14-31/h6-8,11,13-16,18,20,24-25,27-30,38H,9-10,12,17,19,21-23,26H2,1-5H3,(H,44,46). The molecule has 2 heterocycles. The molecule has 2 aliphatic rings. The van der Waals surface area contributed by atoms with E-state index in [1.807, 2.05) is 31.6 Å². The van der Waals surface area contributed by atoms with E-state index in [4.69, 9.17) is 9.47 Å². The number of imidazole rings is 1. The molecule has 1 fully saturated rings. The molecule has 4 aromatic rings. The van der Waals surface area contributed by atoms with Gasteiger partial charge in [0.2, 0.25) is 5.91 Å². The highest BCUT2D eigenvalue weighted by Crippen LogP contribution is 2.44. The molecule has 0 bridgehead atoms. The van der Waals surface area contributed by atoms with E-state index in [2.05, 4.69) is 103 Å². The number of hydrogen-bond acceptors (Lipinski definition) is 4. The first-order valence-corrected chi connectivity index (χ1v) is 17.8. The molecule has 1 aliphatic carbocycles. The maximum atomic E-state index is 14.0. The number of rotatable bonds is 13.